The Kier molecular flexibility index (Phi) is 4.75. The number of nitrogens with zero attached hydrogens (tertiary/aromatic N) is 2. The highest BCUT2D eigenvalue weighted by atomic mass is 16.5. The Bertz CT molecular complexity index is 671. The third-order valence-electron chi connectivity index (χ3n) is 3.69. The predicted octanol–water partition coefficient (Wildman–Crippen LogP) is 2.13. The van der Waals surface area contributed by atoms with E-state index in [0.29, 0.717) is 31.3 Å². The highest BCUT2D eigenvalue weighted by molar-refractivity contribution is 5.74. The number of carbonyl (C=O) groups excluding carboxylic acids is 1. The first-order valence-electron chi connectivity index (χ1n) is 7.77. The molecule has 1 aliphatic heterocycles. The predicted molar refractivity (Wildman–Crippen MR) is 83.2 cm³/mol. The smallest absolute Gasteiger partial charge is 0.315 e. The number of para-hydroxylation sites is 1. The van der Waals surface area contributed by atoms with Gasteiger partial charge < -0.3 is 19.9 Å². The molecule has 0 unspecified atom stereocenters. The van der Waals surface area contributed by atoms with Crippen LogP contribution in [0.1, 0.15) is 36.2 Å². The van der Waals surface area contributed by atoms with Gasteiger partial charge in [0.2, 0.25) is 5.89 Å². The van der Waals surface area contributed by atoms with Crippen molar-refractivity contribution in [1.82, 2.24) is 20.8 Å². The molecule has 0 saturated heterocycles. The van der Waals surface area contributed by atoms with Crippen LogP contribution >= 0.6 is 0 Å². The molecule has 2 heterocycles. The van der Waals surface area contributed by atoms with Gasteiger partial charge in [-0.15, -0.1) is 0 Å². The average Bonchev–Trinajstić information content (AvgIpc) is 2.85. The first kappa shape index (κ1) is 15.3. The molecule has 1 aliphatic rings. The molecule has 0 fully saturated rings. The van der Waals surface area contributed by atoms with Crippen molar-refractivity contribution in [3.8, 4) is 5.75 Å². The van der Waals surface area contributed by atoms with Gasteiger partial charge in [0.15, 0.2) is 5.82 Å². The zero-order chi connectivity index (χ0) is 16.1. The highest BCUT2D eigenvalue weighted by Crippen LogP contribution is 2.30. The minimum Gasteiger partial charge on any atom is -0.493 e. The number of hydrogen-bond donors (Lipinski definition) is 2. The molecule has 2 aromatic rings. The van der Waals surface area contributed by atoms with Crippen molar-refractivity contribution in [2.75, 3.05) is 13.2 Å². The van der Waals surface area contributed by atoms with E-state index in [9.17, 15) is 4.79 Å². The molecule has 2 amide bonds. The number of amides is 2. The number of rotatable bonds is 4. The Balaban J connectivity index is 1.53. The summed E-state index contributed by atoms with van der Waals surface area (Å²) in [5.74, 6) is 1.96. The summed E-state index contributed by atoms with van der Waals surface area (Å²) in [5.41, 5.74) is 1.02. The Morgan fingerprint density at radius 1 is 1.39 bits per heavy atom. The second kappa shape index (κ2) is 7.13. The SMILES string of the molecule is Cc1noc(CCNC(=O)N[C@@H]2CCCOc3ccccc32)n1. The summed E-state index contributed by atoms with van der Waals surface area (Å²) in [5, 5.41) is 9.55. The third kappa shape index (κ3) is 4.00. The van der Waals surface area contributed by atoms with E-state index in [4.69, 9.17) is 9.26 Å². The standard InChI is InChI=1S/C16H20N4O3/c1-11-18-15(23-20-11)8-9-17-16(21)19-13-6-4-10-22-14-7-3-2-5-12(13)14/h2-3,5,7,13H,4,6,8-10H2,1H3,(H2,17,19,21)/t13-/m1/s1. The Morgan fingerprint density at radius 3 is 3.09 bits per heavy atom. The van der Waals surface area contributed by atoms with Crippen LogP contribution in [0.5, 0.6) is 5.75 Å². The molecule has 1 atom stereocenters. The van der Waals surface area contributed by atoms with Crippen molar-refractivity contribution in [1.29, 1.82) is 0 Å². The molecular formula is C16H20N4O3. The van der Waals surface area contributed by atoms with Crippen molar-refractivity contribution < 1.29 is 14.1 Å². The van der Waals surface area contributed by atoms with Crippen LogP contribution in [0.15, 0.2) is 28.8 Å². The van der Waals surface area contributed by atoms with E-state index in [-0.39, 0.29) is 12.1 Å². The van der Waals surface area contributed by atoms with Crippen molar-refractivity contribution in [2.24, 2.45) is 0 Å². The van der Waals surface area contributed by atoms with Gasteiger partial charge in [0, 0.05) is 18.5 Å². The largest absolute Gasteiger partial charge is 0.493 e. The van der Waals surface area contributed by atoms with E-state index in [1.807, 2.05) is 24.3 Å². The van der Waals surface area contributed by atoms with E-state index in [0.717, 1.165) is 24.2 Å². The van der Waals surface area contributed by atoms with E-state index >= 15 is 0 Å². The van der Waals surface area contributed by atoms with Gasteiger partial charge in [0.25, 0.3) is 0 Å². The number of ether oxygens (including phenoxy) is 1. The molecular weight excluding hydrogens is 296 g/mol. The number of carbonyl (C=O) groups is 1. The maximum atomic E-state index is 12.1. The van der Waals surface area contributed by atoms with E-state index in [1.165, 1.54) is 0 Å². The molecule has 0 aliphatic carbocycles. The van der Waals surface area contributed by atoms with Crippen molar-refractivity contribution in [3.05, 3.63) is 41.5 Å². The van der Waals surface area contributed by atoms with Gasteiger partial charge in [-0.25, -0.2) is 4.79 Å². The molecule has 0 saturated carbocycles. The summed E-state index contributed by atoms with van der Waals surface area (Å²) < 4.78 is 10.7. The van der Waals surface area contributed by atoms with Gasteiger partial charge in [-0.2, -0.15) is 4.98 Å². The van der Waals surface area contributed by atoms with Gasteiger partial charge in [-0.3, -0.25) is 0 Å². The van der Waals surface area contributed by atoms with Crippen LogP contribution in [0.3, 0.4) is 0 Å². The molecule has 0 radical (unpaired) electrons. The lowest BCUT2D eigenvalue weighted by Gasteiger charge is -2.18. The van der Waals surface area contributed by atoms with Gasteiger partial charge >= 0.3 is 6.03 Å². The second-order valence-electron chi connectivity index (χ2n) is 5.47. The molecule has 1 aromatic heterocycles. The van der Waals surface area contributed by atoms with Crippen molar-refractivity contribution in [3.63, 3.8) is 0 Å². The Labute approximate surface area is 134 Å². The molecule has 0 spiro atoms. The topological polar surface area (TPSA) is 89.3 Å². The normalized spacial score (nSPS) is 16.8. The molecule has 2 N–H and O–H groups in total. The molecule has 3 rings (SSSR count). The van der Waals surface area contributed by atoms with E-state index in [1.54, 1.807) is 6.92 Å². The number of aryl methyl sites for hydroxylation is 1. The van der Waals surface area contributed by atoms with Crippen LogP contribution in [0.25, 0.3) is 0 Å². The molecule has 0 bridgehead atoms. The van der Waals surface area contributed by atoms with Crippen LogP contribution in [0.2, 0.25) is 0 Å². The first-order chi connectivity index (χ1) is 11.2. The van der Waals surface area contributed by atoms with E-state index in [2.05, 4.69) is 20.8 Å². The molecule has 7 nitrogen and oxygen atoms in total. The summed E-state index contributed by atoms with van der Waals surface area (Å²) in [6.45, 7) is 2.88. The van der Waals surface area contributed by atoms with Gasteiger partial charge in [-0.05, 0) is 25.8 Å². The Morgan fingerprint density at radius 2 is 2.26 bits per heavy atom. The highest BCUT2D eigenvalue weighted by Gasteiger charge is 2.20. The molecule has 7 heteroatoms. The van der Waals surface area contributed by atoms with Crippen molar-refractivity contribution >= 4 is 6.03 Å². The number of fused-ring (bicyclic) bond motifs is 1. The maximum Gasteiger partial charge on any atom is 0.315 e. The molecule has 1 aromatic carbocycles. The minimum atomic E-state index is -0.206. The fraction of sp³-hybridized carbons (Fsp3) is 0.438. The first-order valence-corrected chi connectivity index (χ1v) is 7.77. The van der Waals surface area contributed by atoms with Crippen LogP contribution < -0.4 is 15.4 Å². The van der Waals surface area contributed by atoms with Gasteiger partial charge in [0.05, 0.1) is 12.6 Å². The minimum absolute atomic E-state index is 0.0423. The van der Waals surface area contributed by atoms with Crippen LogP contribution in [-0.2, 0) is 6.42 Å². The Hall–Kier alpha value is -2.57. The number of aromatic nitrogens is 2. The van der Waals surface area contributed by atoms with Crippen LogP contribution in [-0.4, -0.2) is 29.3 Å². The lowest BCUT2D eigenvalue weighted by Crippen LogP contribution is -2.38. The fourth-order valence-corrected chi connectivity index (χ4v) is 2.61. The third-order valence-corrected chi connectivity index (χ3v) is 3.69. The summed E-state index contributed by atoms with van der Waals surface area (Å²) >= 11 is 0. The zero-order valence-electron chi connectivity index (χ0n) is 13.0. The van der Waals surface area contributed by atoms with Gasteiger partial charge in [0.1, 0.15) is 5.75 Å². The molecule has 122 valence electrons. The second-order valence-corrected chi connectivity index (χ2v) is 5.47. The summed E-state index contributed by atoms with van der Waals surface area (Å²) in [4.78, 5) is 16.2. The number of nitrogens with one attached hydrogen (secondary N) is 2. The average molecular weight is 316 g/mol. The summed E-state index contributed by atoms with van der Waals surface area (Å²) in [7, 11) is 0. The zero-order valence-corrected chi connectivity index (χ0v) is 13.0. The van der Waals surface area contributed by atoms with Crippen LogP contribution in [0, 0.1) is 6.92 Å². The van der Waals surface area contributed by atoms with E-state index < -0.39 is 0 Å². The van der Waals surface area contributed by atoms with Crippen LogP contribution in [0.4, 0.5) is 4.79 Å². The van der Waals surface area contributed by atoms with Crippen molar-refractivity contribution in [2.45, 2.75) is 32.2 Å². The summed E-state index contributed by atoms with van der Waals surface area (Å²) in [6, 6.07) is 7.58. The maximum absolute atomic E-state index is 12.1. The lowest BCUT2D eigenvalue weighted by atomic mass is 10.0. The quantitative estimate of drug-likeness (QED) is 0.902. The van der Waals surface area contributed by atoms with Gasteiger partial charge in [-0.1, -0.05) is 23.4 Å². The molecule has 23 heavy (non-hydrogen) atoms. The monoisotopic (exact) mass is 316 g/mol. The number of urea groups is 1. The lowest BCUT2D eigenvalue weighted by molar-refractivity contribution is 0.236. The number of hydrogen-bond acceptors (Lipinski definition) is 5. The summed E-state index contributed by atoms with van der Waals surface area (Å²) in [6.07, 6.45) is 2.27. The fourth-order valence-electron chi connectivity index (χ4n) is 2.61. The number of benzene rings is 1.